The minimum Gasteiger partial charge on any atom is -0.387 e. The molecule has 204 valence electrons. The molecule has 4 aromatic rings. The lowest BCUT2D eigenvalue weighted by atomic mass is 9.86. The Hall–Kier alpha value is -4.62. The summed E-state index contributed by atoms with van der Waals surface area (Å²) in [5.41, 5.74) is 3.26. The van der Waals surface area contributed by atoms with Crippen LogP contribution >= 0.6 is 0 Å². The van der Waals surface area contributed by atoms with Crippen LogP contribution in [0.3, 0.4) is 0 Å². The van der Waals surface area contributed by atoms with Crippen LogP contribution in [-0.2, 0) is 16.6 Å². The standard InChI is InChI=1S/C30H29FN6O3/c1-29(2)22-7-5-19(10-18(22)11-27(29)38)36-23-12-24(25-8-6-20-9-17(13-32)14-35-37(20)25)33-15-21(23)28(39)34-16-26(31)30(3,4)40/h5-10,12,14-15,26,40H,11,16H2,1-4H3,(H,33,36)(H,34,39)/t26-/m1/s1. The highest BCUT2D eigenvalue weighted by atomic mass is 19.1. The van der Waals surface area contributed by atoms with Crippen LogP contribution < -0.4 is 10.6 Å². The van der Waals surface area contributed by atoms with Gasteiger partial charge in [-0.2, -0.15) is 10.4 Å². The Balaban J connectivity index is 1.53. The second-order valence-electron chi connectivity index (χ2n) is 11.1. The SMILES string of the molecule is CC1(C)C(=O)Cc2cc(Nc3cc(-c4ccc5cc(C#N)cnn45)ncc3C(=O)NC[C@@H](F)C(C)(C)O)ccc21. The Bertz CT molecular complexity index is 1700. The summed E-state index contributed by atoms with van der Waals surface area (Å²) in [5, 5.41) is 29.3. The quantitative estimate of drug-likeness (QED) is 0.319. The number of aliphatic hydroxyl groups is 1. The molecule has 40 heavy (non-hydrogen) atoms. The van der Waals surface area contributed by atoms with Crippen LogP contribution in [0.2, 0.25) is 0 Å². The number of carbonyl (C=O) groups excluding carboxylic acids is 2. The maximum atomic E-state index is 14.4. The maximum Gasteiger partial charge on any atom is 0.255 e. The molecule has 0 saturated heterocycles. The summed E-state index contributed by atoms with van der Waals surface area (Å²) in [5.74, 6) is -0.423. The molecule has 1 aliphatic rings. The van der Waals surface area contributed by atoms with Gasteiger partial charge in [0, 0.05) is 23.7 Å². The number of rotatable bonds is 7. The van der Waals surface area contributed by atoms with Crippen molar-refractivity contribution in [1.29, 1.82) is 5.26 Å². The number of hydrogen-bond acceptors (Lipinski definition) is 7. The maximum absolute atomic E-state index is 14.4. The zero-order valence-electron chi connectivity index (χ0n) is 22.6. The first-order valence-corrected chi connectivity index (χ1v) is 12.8. The van der Waals surface area contributed by atoms with Gasteiger partial charge in [-0.3, -0.25) is 14.6 Å². The van der Waals surface area contributed by atoms with Gasteiger partial charge in [-0.1, -0.05) is 6.07 Å². The van der Waals surface area contributed by atoms with Crippen LogP contribution in [0, 0.1) is 11.3 Å². The molecular formula is C30H29FN6O3. The van der Waals surface area contributed by atoms with Crippen molar-refractivity contribution in [2.24, 2.45) is 0 Å². The van der Waals surface area contributed by atoms with Gasteiger partial charge in [0.2, 0.25) is 0 Å². The molecule has 1 atom stereocenters. The molecule has 0 fully saturated rings. The lowest BCUT2D eigenvalue weighted by Crippen LogP contribution is -2.42. The van der Waals surface area contributed by atoms with Crippen LogP contribution in [0.15, 0.2) is 54.9 Å². The van der Waals surface area contributed by atoms with Crippen molar-refractivity contribution >= 4 is 28.6 Å². The highest BCUT2D eigenvalue weighted by molar-refractivity contribution is 6.01. The van der Waals surface area contributed by atoms with Crippen molar-refractivity contribution in [3.63, 3.8) is 0 Å². The highest BCUT2D eigenvalue weighted by Crippen LogP contribution is 2.38. The smallest absolute Gasteiger partial charge is 0.255 e. The second-order valence-corrected chi connectivity index (χ2v) is 11.1. The van der Waals surface area contributed by atoms with Gasteiger partial charge in [0.05, 0.1) is 52.1 Å². The molecule has 10 heteroatoms. The Morgan fingerprint density at radius 2 is 2.00 bits per heavy atom. The third kappa shape index (κ3) is 4.92. The summed E-state index contributed by atoms with van der Waals surface area (Å²) in [6, 6.07) is 14.8. The summed E-state index contributed by atoms with van der Waals surface area (Å²) in [6.45, 7) is 6.11. The summed E-state index contributed by atoms with van der Waals surface area (Å²) < 4.78 is 16.0. The van der Waals surface area contributed by atoms with E-state index >= 15 is 0 Å². The molecule has 9 nitrogen and oxygen atoms in total. The third-order valence-corrected chi connectivity index (χ3v) is 7.35. The Kier molecular flexibility index (Phi) is 6.64. The number of Topliss-reactive ketones (excluding diaryl/α,β-unsaturated/α-hetero) is 1. The lowest BCUT2D eigenvalue weighted by molar-refractivity contribution is -0.121. The predicted octanol–water partition coefficient (Wildman–Crippen LogP) is 4.25. The van der Waals surface area contributed by atoms with Crippen LogP contribution in [-0.4, -0.2) is 49.7 Å². The Labute approximate surface area is 230 Å². The third-order valence-electron chi connectivity index (χ3n) is 7.35. The average molecular weight is 541 g/mol. The normalized spacial score (nSPS) is 15.0. The van der Waals surface area contributed by atoms with Crippen molar-refractivity contribution in [1.82, 2.24) is 19.9 Å². The largest absolute Gasteiger partial charge is 0.387 e. The first-order valence-electron chi connectivity index (χ1n) is 12.8. The fourth-order valence-electron chi connectivity index (χ4n) is 4.79. The van der Waals surface area contributed by atoms with E-state index in [1.165, 1.54) is 26.2 Å². The van der Waals surface area contributed by atoms with Crippen molar-refractivity contribution in [2.45, 2.75) is 51.3 Å². The van der Waals surface area contributed by atoms with Crippen LogP contribution in [0.5, 0.6) is 0 Å². The minimum absolute atomic E-state index is 0.144. The molecule has 5 rings (SSSR count). The number of aromatic nitrogens is 3. The summed E-state index contributed by atoms with van der Waals surface area (Å²) >= 11 is 0. The zero-order valence-corrected chi connectivity index (χ0v) is 22.6. The van der Waals surface area contributed by atoms with Gasteiger partial charge < -0.3 is 15.7 Å². The van der Waals surface area contributed by atoms with Gasteiger partial charge in [0.15, 0.2) is 0 Å². The fourth-order valence-corrected chi connectivity index (χ4v) is 4.79. The molecule has 3 aromatic heterocycles. The van der Waals surface area contributed by atoms with E-state index in [-0.39, 0.29) is 17.9 Å². The van der Waals surface area contributed by atoms with E-state index < -0.39 is 23.1 Å². The number of amides is 1. The van der Waals surface area contributed by atoms with Crippen LogP contribution in [0.4, 0.5) is 15.8 Å². The van der Waals surface area contributed by atoms with E-state index in [0.717, 1.165) is 11.1 Å². The lowest BCUT2D eigenvalue weighted by Gasteiger charge is -2.22. The summed E-state index contributed by atoms with van der Waals surface area (Å²) in [6.07, 6.45) is 1.51. The van der Waals surface area contributed by atoms with Gasteiger partial charge in [-0.05, 0) is 75.2 Å². The average Bonchev–Trinajstić information content (AvgIpc) is 3.43. The minimum atomic E-state index is -1.67. The van der Waals surface area contributed by atoms with Crippen molar-refractivity contribution in [3.05, 3.63) is 77.1 Å². The van der Waals surface area contributed by atoms with Gasteiger partial charge >= 0.3 is 0 Å². The van der Waals surface area contributed by atoms with Crippen molar-refractivity contribution in [3.8, 4) is 17.5 Å². The van der Waals surface area contributed by atoms with Crippen molar-refractivity contribution in [2.75, 3.05) is 11.9 Å². The van der Waals surface area contributed by atoms with Crippen LogP contribution in [0.1, 0.15) is 54.7 Å². The molecule has 1 aliphatic carbocycles. The number of nitrogens with zero attached hydrogens (tertiary/aromatic N) is 4. The summed E-state index contributed by atoms with van der Waals surface area (Å²) in [7, 11) is 0. The monoisotopic (exact) mass is 540 g/mol. The number of ketones is 1. The number of halogens is 1. The predicted molar refractivity (Wildman–Crippen MR) is 148 cm³/mol. The molecular weight excluding hydrogens is 511 g/mol. The first-order chi connectivity index (χ1) is 18.9. The van der Waals surface area contributed by atoms with Crippen LogP contribution in [0.25, 0.3) is 16.9 Å². The number of carbonyl (C=O) groups is 2. The van der Waals surface area contributed by atoms with E-state index in [2.05, 4.69) is 26.8 Å². The molecule has 0 unspecified atom stereocenters. The number of alkyl halides is 1. The Morgan fingerprint density at radius 3 is 2.73 bits per heavy atom. The number of nitrogens with one attached hydrogen (secondary N) is 2. The number of hydrogen-bond donors (Lipinski definition) is 3. The topological polar surface area (TPSA) is 132 Å². The van der Waals surface area contributed by atoms with E-state index in [0.29, 0.717) is 40.3 Å². The molecule has 0 aliphatic heterocycles. The van der Waals surface area contributed by atoms with Gasteiger partial charge in [0.25, 0.3) is 5.91 Å². The fraction of sp³-hybridized carbons (Fsp3) is 0.300. The number of nitriles is 1. The number of benzene rings is 1. The van der Waals surface area contributed by atoms with Gasteiger partial charge in [-0.25, -0.2) is 8.91 Å². The van der Waals surface area contributed by atoms with E-state index in [1.54, 1.807) is 16.6 Å². The first kappa shape index (κ1) is 27.0. The molecule has 0 bridgehead atoms. The van der Waals surface area contributed by atoms with Gasteiger partial charge in [0.1, 0.15) is 18.0 Å². The molecule has 3 heterocycles. The van der Waals surface area contributed by atoms with E-state index in [4.69, 9.17) is 0 Å². The van der Waals surface area contributed by atoms with Crippen molar-refractivity contribution < 1.29 is 19.1 Å². The molecule has 0 spiro atoms. The highest BCUT2D eigenvalue weighted by Gasteiger charge is 2.38. The molecule has 0 saturated carbocycles. The summed E-state index contributed by atoms with van der Waals surface area (Å²) in [4.78, 5) is 30.2. The van der Waals surface area contributed by atoms with E-state index in [1.807, 2.05) is 44.2 Å². The second kappa shape index (κ2) is 9.84. The number of fused-ring (bicyclic) bond motifs is 2. The number of anilines is 2. The molecule has 0 radical (unpaired) electrons. The molecule has 3 N–H and O–H groups in total. The van der Waals surface area contributed by atoms with Gasteiger partial charge in [-0.15, -0.1) is 0 Å². The molecule has 1 amide bonds. The number of pyridine rings is 1. The molecule has 1 aromatic carbocycles. The Morgan fingerprint density at radius 1 is 1.23 bits per heavy atom. The van der Waals surface area contributed by atoms with E-state index in [9.17, 15) is 24.3 Å². The zero-order chi connectivity index (χ0) is 28.8.